The van der Waals surface area contributed by atoms with Gasteiger partial charge in [0, 0.05) is 21.2 Å². The second-order valence-corrected chi connectivity index (χ2v) is 9.92. The number of carboxylic acids is 1. The van der Waals surface area contributed by atoms with Gasteiger partial charge in [-0.05, 0) is 78.7 Å². The maximum atomic E-state index is 13.4. The number of urea groups is 1. The molecule has 0 aromatic heterocycles. The molecular formula is C30H25F3N2O3S. The maximum absolute atomic E-state index is 13.4. The standard InChI is InChI=1S/C30H25F3N2O3S/c1-20(22-5-3-2-4-6-22)35(29(38)34-24-11-9-23(10-12-24)30(31,32)33)25-13-17-27(18-14-25)39-26-15-7-21(8-16-26)19-28(36)37/h2-18,20H,19H2,1H3,(H,34,38)(H,36,37). The van der Waals surface area contributed by atoms with Crippen LogP contribution in [-0.2, 0) is 17.4 Å². The van der Waals surface area contributed by atoms with Gasteiger partial charge < -0.3 is 10.4 Å². The van der Waals surface area contributed by atoms with E-state index in [1.807, 2.05) is 73.7 Å². The molecule has 0 aliphatic rings. The molecule has 200 valence electrons. The quantitative estimate of drug-likeness (QED) is 0.232. The molecule has 4 rings (SSSR count). The summed E-state index contributed by atoms with van der Waals surface area (Å²) in [6.07, 6.45) is -4.50. The van der Waals surface area contributed by atoms with Gasteiger partial charge in [-0.3, -0.25) is 9.69 Å². The van der Waals surface area contributed by atoms with Crippen LogP contribution >= 0.6 is 11.8 Å². The predicted molar refractivity (Wildman–Crippen MR) is 146 cm³/mol. The average Bonchev–Trinajstić information content (AvgIpc) is 2.91. The van der Waals surface area contributed by atoms with E-state index in [1.165, 1.54) is 23.9 Å². The predicted octanol–water partition coefficient (Wildman–Crippen LogP) is 8.28. The number of carbonyl (C=O) groups excluding carboxylic acids is 1. The molecule has 2 N–H and O–H groups in total. The van der Waals surface area contributed by atoms with Crippen LogP contribution in [0.3, 0.4) is 0 Å². The van der Waals surface area contributed by atoms with Gasteiger partial charge in [-0.1, -0.05) is 54.2 Å². The molecule has 0 saturated heterocycles. The van der Waals surface area contributed by atoms with Crippen LogP contribution in [0.1, 0.15) is 29.7 Å². The molecule has 1 unspecified atom stereocenters. The van der Waals surface area contributed by atoms with Crippen LogP contribution in [0.2, 0.25) is 0 Å². The van der Waals surface area contributed by atoms with Gasteiger partial charge in [0.25, 0.3) is 0 Å². The van der Waals surface area contributed by atoms with Crippen molar-refractivity contribution < 1.29 is 27.9 Å². The molecule has 4 aromatic rings. The Morgan fingerprint density at radius 3 is 1.95 bits per heavy atom. The summed E-state index contributed by atoms with van der Waals surface area (Å²) < 4.78 is 38.8. The zero-order valence-corrected chi connectivity index (χ0v) is 21.7. The monoisotopic (exact) mass is 550 g/mol. The minimum atomic E-state index is -4.46. The lowest BCUT2D eigenvalue weighted by Gasteiger charge is -2.30. The molecule has 0 aliphatic carbocycles. The summed E-state index contributed by atoms with van der Waals surface area (Å²) in [4.78, 5) is 27.7. The molecule has 5 nitrogen and oxygen atoms in total. The third kappa shape index (κ3) is 7.42. The highest BCUT2D eigenvalue weighted by Crippen LogP contribution is 2.33. The normalized spacial score (nSPS) is 12.0. The Balaban J connectivity index is 1.55. The van der Waals surface area contributed by atoms with Crippen molar-refractivity contribution in [1.82, 2.24) is 0 Å². The average molecular weight is 551 g/mol. The number of carbonyl (C=O) groups is 2. The van der Waals surface area contributed by atoms with Crippen LogP contribution in [0.25, 0.3) is 0 Å². The van der Waals surface area contributed by atoms with E-state index in [9.17, 15) is 22.8 Å². The first-order chi connectivity index (χ1) is 18.6. The fraction of sp³-hybridized carbons (Fsp3) is 0.133. The van der Waals surface area contributed by atoms with Crippen LogP contribution in [0.5, 0.6) is 0 Å². The number of nitrogens with zero attached hydrogens (tertiary/aromatic N) is 1. The Morgan fingerprint density at radius 2 is 1.41 bits per heavy atom. The Hall–Kier alpha value is -4.24. The summed E-state index contributed by atoms with van der Waals surface area (Å²) in [6.45, 7) is 1.88. The van der Waals surface area contributed by atoms with Crippen molar-refractivity contribution >= 4 is 35.1 Å². The summed E-state index contributed by atoms with van der Waals surface area (Å²) in [6, 6.07) is 27.5. The van der Waals surface area contributed by atoms with Gasteiger partial charge >= 0.3 is 18.2 Å². The summed E-state index contributed by atoms with van der Waals surface area (Å²) in [5.74, 6) is -0.886. The van der Waals surface area contributed by atoms with Crippen LogP contribution in [0.15, 0.2) is 113 Å². The Bertz CT molecular complexity index is 1410. The van der Waals surface area contributed by atoms with Crippen molar-refractivity contribution in [3.8, 4) is 0 Å². The number of benzene rings is 4. The number of hydrogen-bond donors (Lipinski definition) is 2. The molecule has 0 radical (unpaired) electrons. The SMILES string of the molecule is CC(c1ccccc1)N(C(=O)Nc1ccc(C(F)(F)F)cc1)c1ccc(Sc2ccc(CC(=O)O)cc2)cc1. The second kappa shape index (κ2) is 12.1. The molecule has 0 bridgehead atoms. The number of aliphatic carboxylic acids is 1. The van der Waals surface area contributed by atoms with Crippen molar-refractivity contribution in [2.24, 2.45) is 0 Å². The highest BCUT2D eigenvalue weighted by Gasteiger charge is 2.30. The van der Waals surface area contributed by atoms with Crippen LogP contribution < -0.4 is 10.2 Å². The fourth-order valence-corrected chi connectivity index (χ4v) is 4.80. The summed E-state index contributed by atoms with van der Waals surface area (Å²) >= 11 is 1.50. The molecule has 2 amide bonds. The van der Waals surface area contributed by atoms with Crippen molar-refractivity contribution in [2.75, 3.05) is 10.2 Å². The van der Waals surface area contributed by atoms with Gasteiger partial charge in [-0.2, -0.15) is 13.2 Å². The Labute approximate surface area is 228 Å². The van der Waals surface area contributed by atoms with E-state index in [0.717, 1.165) is 27.5 Å². The van der Waals surface area contributed by atoms with E-state index in [0.29, 0.717) is 11.3 Å². The summed E-state index contributed by atoms with van der Waals surface area (Å²) in [7, 11) is 0. The molecule has 0 aliphatic heterocycles. The van der Waals surface area contributed by atoms with E-state index < -0.39 is 23.7 Å². The molecule has 39 heavy (non-hydrogen) atoms. The number of rotatable bonds is 8. The number of amides is 2. The van der Waals surface area contributed by atoms with Crippen molar-refractivity contribution in [3.63, 3.8) is 0 Å². The third-order valence-corrected chi connectivity index (χ3v) is 7.00. The smallest absolute Gasteiger partial charge is 0.416 e. The lowest BCUT2D eigenvalue weighted by molar-refractivity contribution is -0.138. The number of hydrogen-bond acceptors (Lipinski definition) is 3. The molecule has 9 heteroatoms. The van der Waals surface area contributed by atoms with E-state index >= 15 is 0 Å². The number of anilines is 2. The summed E-state index contributed by atoms with van der Waals surface area (Å²) in [5, 5.41) is 11.7. The Morgan fingerprint density at radius 1 is 0.846 bits per heavy atom. The number of halogens is 3. The van der Waals surface area contributed by atoms with Crippen molar-refractivity contribution in [2.45, 2.75) is 35.4 Å². The molecule has 0 saturated carbocycles. The first-order valence-electron chi connectivity index (χ1n) is 12.0. The molecule has 4 aromatic carbocycles. The number of alkyl halides is 3. The number of carboxylic acid groups (broad SMARTS) is 1. The minimum absolute atomic E-state index is 0.0381. The maximum Gasteiger partial charge on any atom is 0.416 e. The third-order valence-electron chi connectivity index (χ3n) is 5.98. The van der Waals surface area contributed by atoms with Gasteiger partial charge in [-0.15, -0.1) is 0 Å². The van der Waals surface area contributed by atoms with Crippen LogP contribution in [0, 0.1) is 0 Å². The largest absolute Gasteiger partial charge is 0.481 e. The lowest BCUT2D eigenvalue weighted by Crippen LogP contribution is -2.37. The fourth-order valence-electron chi connectivity index (χ4n) is 3.98. The second-order valence-electron chi connectivity index (χ2n) is 8.77. The van der Waals surface area contributed by atoms with E-state index in [1.54, 1.807) is 17.0 Å². The molecular weight excluding hydrogens is 525 g/mol. The van der Waals surface area contributed by atoms with E-state index in [4.69, 9.17) is 5.11 Å². The molecule has 1 atom stereocenters. The molecule has 0 fully saturated rings. The zero-order valence-electron chi connectivity index (χ0n) is 20.9. The van der Waals surface area contributed by atoms with Crippen molar-refractivity contribution in [3.05, 3.63) is 120 Å². The van der Waals surface area contributed by atoms with Crippen molar-refractivity contribution in [1.29, 1.82) is 0 Å². The lowest BCUT2D eigenvalue weighted by atomic mass is 10.1. The molecule has 0 heterocycles. The van der Waals surface area contributed by atoms with Gasteiger partial charge in [-0.25, -0.2) is 4.79 Å². The highest BCUT2D eigenvalue weighted by molar-refractivity contribution is 7.99. The number of nitrogens with one attached hydrogen (secondary N) is 1. The topological polar surface area (TPSA) is 69.6 Å². The van der Waals surface area contributed by atoms with Gasteiger partial charge in [0.05, 0.1) is 18.0 Å². The van der Waals surface area contributed by atoms with E-state index in [-0.39, 0.29) is 18.2 Å². The highest BCUT2D eigenvalue weighted by atomic mass is 32.2. The molecule has 0 spiro atoms. The van der Waals surface area contributed by atoms with Gasteiger partial charge in [0.15, 0.2) is 0 Å². The van der Waals surface area contributed by atoms with E-state index in [2.05, 4.69) is 5.32 Å². The zero-order chi connectivity index (χ0) is 28.0. The minimum Gasteiger partial charge on any atom is -0.481 e. The first-order valence-corrected chi connectivity index (χ1v) is 12.8. The summed E-state index contributed by atoms with van der Waals surface area (Å²) in [5.41, 5.74) is 1.67. The Kier molecular flexibility index (Phi) is 8.61. The van der Waals surface area contributed by atoms with Crippen LogP contribution in [-0.4, -0.2) is 17.1 Å². The first kappa shape index (κ1) is 27.8. The van der Waals surface area contributed by atoms with Gasteiger partial charge in [0.2, 0.25) is 0 Å². The van der Waals surface area contributed by atoms with Crippen LogP contribution in [0.4, 0.5) is 29.3 Å². The van der Waals surface area contributed by atoms with Gasteiger partial charge in [0.1, 0.15) is 0 Å².